The molecule has 2 N–H and O–H groups in total. The number of nitrogens with one attached hydrogen (secondary N) is 2. The predicted molar refractivity (Wildman–Crippen MR) is 66.4 cm³/mol. The van der Waals surface area contributed by atoms with Gasteiger partial charge in [0, 0.05) is 12.1 Å². The summed E-state index contributed by atoms with van der Waals surface area (Å²) in [4.78, 5) is 30.3. The standard InChI is InChI=1S/C10H8ClN5O3/c1-19-8-4-6(11)12-10(13-8)14-9(18)5-2-3-7(17)16-15-5/h2-4H,1H3,(H,16,17)(H,12,13,14,18). The molecule has 8 nitrogen and oxygen atoms in total. The fourth-order valence-corrected chi connectivity index (χ4v) is 1.37. The second-order valence-corrected chi connectivity index (χ2v) is 3.70. The van der Waals surface area contributed by atoms with Crippen LogP contribution < -0.4 is 15.6 Å². The van der Waals surface area contributed by atoms with E-state index < -0.39 is 11.5 Å². The van der Waals surface area contributed by atoms with Gasteiger partial charge in [0.25, 0.3) is 11.5 Å². The molecule has 0 fully saturated rings. The predicted octanol–water partition coefficient (Wildman–Crippen LogP) is 0.474. The van der Waals surface area contributed by atoms with E-state index in [1.54, 1.807) is 0 Å². The first-order valence-corrected chi connectivity index (χ1v) is 5.42. The number of hydrogen-bond acceptors (Lipinski definition) is 6. The van der Waals surface area contributed by atoms with Crippen molar-refractivity contribution in [3.8, 4) is 5.88 Å². The van der Waals surface area contributed by atoms with Gasteiger partial charge in [-0.15, -0.1) is 0 Å². The van der Waals surface area contributed by atoms with Crippen LogP contribution in [0.15, 0.2) is 23.0 Å². The second-order valence-electron chi connectivity index (χ2n) is 3.32. The van der Waals surface area contributed by atoms with Crippen LogP contribution in [0.25, 0.3) is 0 Å². The number of methoxy groups -OCH3 is 1. The van der Waals surface area contributed by atoms with Crippen LogP contribution in [0.5, 0.6) is 5.88 Å². The molecule has 0 saturated heterocycles. The molecule has 0 spiro atoms. The Kier molecular flexibility index (Phi) is 3.71. The molecule has 19 heavy (non-hydrogen) atoms. The van der Waals surface area contributed by atoms with Gasteiger partial charge in [-0.1, -0.05) is 11.6 Å². The summed E-state index contributed by atoms with van der Waals surface area (Å²) >= 11 is 5.73. The maximum atomic E-state index is 11.8. The van der Waals surface area contributed by atoms with Crippen LogP contribution >= 0.6 is 11.6 Å². The highest BCUT2D eigenvalue weighted by Crippen LogP contribution is 2.15. The molecule has 2 rings (SSSR count). The van der Waals surface area contributed by atoms with Gasteiger partial charge in [0.15, 0.2) is 0 Å². The summed E-state index contributed by atoms with van der Waals surface area (Å²) in [5.74, 6) is -0.396. The number of nitrogens with zero attached hydrogens (tertiary/aromatic N) is 3. The van der Waals surface area contributed by atoms with Crippen molar-refractivity contribution in [3.63, 3.8) is 0 Å². The Morgan fingerprint density at radius 2 is 2.21 bits per heavy atom. The third kappa shape index (κ3) is 3.26. The smallest absolute Gasteiger partial charge is 0.278 e. The van der Waals surface area contributed by atoms with E-state index in [2.05, 4.69) is 25.5 Å². The number of rotatable bonds is 3. The number of carbonyl (C=O) groups excluding carboxylic acids is 1. The molecule has 2 aromatic heterocycles. The zero-order valence-corrected chi connectivity index (χ0v) is 10.4. The van der Waals surface area contributed by atoms with Gasteiger partial charge in [-0.25, -0.2) is 10.1 Å². The zero-order valence-electron chi connectivity index (χ0n) is 9.68. The Hall–Kier alpha value is -2.48. The molecule has 0 atom stereocenters. The van der Waals surface area contributed by atoms with E-state index in [1.165, 1.54) is 25.3 Å². The van der Waals surface area contributed by atoms with Crippen molar-refractivity contribution >= 4 is 23.5 Å². The van der Waals surface area contributed by atoms with Crippen molar-refractivity contribution in [2.75, 3.05) is 12.4 Å². The molecular weight excluding hydrogens is 274 g/mol. The molecule has 0 aliphatic carbocycles. The summed E-state index contributed by atoms with van der Waals surface area (Å²) in [6.45, 7) is 0. The van der Waals surface area contributed by atoms with Gasteiger partial charge in [0.1, 0.15) is 10.8 Å². The molecule has 9 heteroatoms. The lowest BCUT2D eigenvalue weighted by Gasteiger charge is -2.05. The van der Waals surface area contributed by atoms with E-state index in [-0.39, 0.29) is 22.7 Å². The van der Waals surface area contributed by atoms with Gasteiger partial charge in [0.05, 0.1) is 7.11 Å². The van der Waals surface area contributed by atoms with Gasteiger partial charge in [-0.2, -0.15) is 10.1 Å². The lowest BCUT2D eigenvalue weighted by molar-refractivity contribution is 0.102. The number of aromatic amines is 1. The van der Waals surface area contributed by atoms with E-state index in [0.29, 0.717) is 0 Å². The maximum absolute atomic E-state index is 11.8. The quantitative estimate of drug-likeness (QED) is 0.792. The number of aromatic nitrogens is 4. The van der Waals surface area contributed by atoms with Gasteiger partial charge in [0.2, 0.25) is 11.8 Å². The number of halogens is 1. The van der Waals surface area contributed by atoms with Crippen LogP contribution in [-0.4, -0.2) is 33.2 Å². The SMILES string of the molecule is COc1cc(Cl)nc(NC(=O)c2ccc(=O)[nH]n2)n1. The molecule has 0 saturated carbocycles. The fourth-order valence-electron chi connectivity index (χ4n) is 1.19. The fraction of sp³-hybridized carbons (Fsp3) is 0.100. The largest absolute Gasteiger partial charge is 0.481 e. The molecule has 0 aliphatic heterocycles. The molecule has 0 radical (unpaired) electrons. The number of H-pyrrole nitrogens is 1. The summed E-state index contributed by atoms with van der Waals surface area (Å²) < 4.78 is 4.89. The van der Waals surface area contributed by atoms with Crippen LogP contribution in [0.3, 0.4) is 0 Å². The van der Waals surface area contributed by atoms with Crippen LogP contribution in [-0.2, 0) is 0 Å². The second kappa shape index (κ2) is 5.44. The highest BCUT2D eigenvalue weighted by atomic mass is 35.5. The van der Waals surface area contributed by atoms with E-state index in [4.69, 9.17) is 16.3 Å². The number of anilines is 1. The zero-order chi connectivity index (χ0) is 13.8. The van der Waals surface area contributed by atoms with Crippen molar-refractivity contribution < 1.29 is 9.53 Å². The van der Waals surface area contributed by atoms with E-state index in [1.807, 2.05) is 0 Å². The Morgan fingerprint density at radius 3 is 2.84 bits per heavy atom. The normalized spacial score (nSPS) is 10.0. The minimum atomic E-state index is -0.583. The Bertz CT molecular complexity index is 652. The Balaban J connectivity index is 2.21. The lowest BCUT2D eigenvalue weighted by Crippen LogP contribution is -2.18. The first kappa shape index (κ1) is 13.0. The monoisotopic (exact) mass is 281 g/mol. The van der Waals surface area contributed by atoms with Crippen molar-refractivity contribution in [3.05, 3.63) is 39.4 Å². The maximum Gasteiger partial charge on any atom is 0.278 e. The first-order valence-electron chi connectivity index (χ1n) is 5.04. The molecule has 0 aromatic carbocycles. The van der Waals surface area contributed by atoms with E-state index >= 15 is 0 Å². The van der Waals surface area contributed by atoms with Crippen LogP contribution in [0.1, 0.15) is 10.5 Å². The minimum absolute atomic E-state index is 0.0159. The van der Waals surface area contributed by atoms with Gasteiger partial charge in [-0.05, 0) is 6.07 Å². The highest BCUT2D eigenvalue weighted by Gasteiger charge is 2.11. The molecule has 1 amide bonds. The summed E-state index contributed by atoms with van der Waals surface area (Å²) in [6.07, 6.45) is 0. The molecule has 2 heterocycles. The van der Waals surface area contributed by atoms with Crippen molar-refractivity contribution in [2.45, 2.75) is 0 Å². The topological polar surface area (TPSA) is 110 Å². The number of hydrogen-bond donors (Lipinski definition) is 2. The summed E-state index contributed by atoms with van der Waals surface area (Å²) in [5.41, 5.74) is -0.389. The van der Waals surface area contributed by atoms with Crippen molar-refractivity contribution in [1.29, 1.82) is 0 Å². The highest BCUT2D eigenvalue weighted by molar-refractivity contribution is 6.29. The van der Waals surface area contributed by atoms with Crippen LogP contribution in [0, 0.1) is 0 Å². The minimum Gasteiger partial charge on any atom is -0.481 e. The van der Waals surface area contributed by atoms with Crippen LogP contribution in [0.4, 0.5) is 5.95 Å². The van der Waals surface area contributed by atoms with Gasteiger partial charge in [-0.3, -0.25) is 14.9 Å². The summed E-state index contributed by atoms with van der Waals surface area (Å²) in [5, 5.41) is 8.22. The van der Waals surface area contributed by atoms with Gasteiger partial charge < -0.3 is 4.74 Å². The molecule has 98 valence electrons. The third-order valence-electron chi connectivity index (χ3n) is 2.02. The molecule has 0 aliphatic rings. The summed E-state index contributed by atoms with van der Waals surface area (Å²) in [6, 6.07) is 3.85. The summed E-state index contributed by atoms with van der Waals surface area (Å²) in [7, 11) is 1.41. The van der Waals surface area contributed by atoms with E-state index in [0.717, 1.165) is 0 Å². The molecule has 2 aromatic rings. The third-order valence-corrected chi connectivity index (χ3v) is 2.21. The van der Waals surface area contributed by atoms with Crippen molar-refractivity contribution in [1.82, 2.24) is 20.2 Å². The molecule has 0 bridgehead atoms. The number of amides is 1. The van der Waals surface area contributed by atoms with Gasteiger partial charge >= 0.3 is 0 Å². The average Bonchev–Trinajstić information content (AvgIpc) is 2.38. The van der Waals surface area contributed by atoms with Crippen molar-refractivity contribution in [2.24, 2.45) is 0 Å². The first-order chi connectivity index (χ1) is 9.08. The number of carbonyl (C=O) groups is 1. The Labute approximate surface area is 111 Å². The molecular formula is C10H8ClN5O3. The molecule has 0 unspecified atom stereocenters. The van der Waals surface area contributed by atoms with Crippen LogP contribution in [0.2, 0.25) is 5.15 Å². The van der Waals surface area contributed by atoms with E-state index in [9.17, 15) is 9.59 Å². The average molecular weight is 282 g/mol. The Morgan fingerprint density at radius 1 is 1.42 bits per heavy atom. The lowest BCUT2D eigenvalue weighted by atomic mass is 10.4. The number of ether oxygens (including phenoxy) is 1.